The van der Waals surface area contributed by atoms with Gasteiger partial charge in [-0.1, -0.05) is 49.1 Å². The van der Waals surface area contributed by atoms with Crippen LogP contribution in [0.4, 0.5) is 11.6 Å². The summed E-state index contributed by atoms with van der Waals surface area (Å²) >= 11 is 0. The summed E-state index contributed by atoms with van der Waals surface area (Å²) in [5, 5.41) is 18.2. The molecule has 1 aliphatic rings. The third-order valence-electron chi connectivity index (χ3n) is 5.86. The number of carbonyl (C=O) groups is 1. The van der Waals surface area contributed by atoms with E-state index in [9.17, 15) is 4.79 Å². The van der Waals surface area contributed by atoms with E-state index in [-0.39, 0.29) is 5.91 Å². The lowest BCUT2D eigenvalue weighted by molar-refractivity contribution is -0.113. The van der Waals surface area contributed by atoms with Crippen molar-refractivity contribution in [3.63, 3.8) is 0 Å². The summed E-state index contributed by atoms with van der Waals surface area (Å²) in [6.07, 6.45) is 3.22. The molecule has 1 atom stereocenters. The van der Waals surface area contributed by atoms with Crippen LogP contribution in [0.1, 0.15) is 50.3 Å². The Morgan fingerprint density at radius 2 is 1.97 bits per heavy atom. The molecule has 2 heterocycles. The molecule has 3 aromatic rings. The average molecular weight is 463 g/mol. The number of tetrazole rings is 1. The van der Waals surface area contributed by atoms with Gasteiger partial charge in [-0.2, -0.15) is 4.68 Å². The number of ether oxygens (including phenoxy) is 2. The van der Waals surface area contributed by atoms with Gasteiger partial charge in [0.25, 0.3) is 5.91 Å². The van der Waals surface area contributed by atoms with Crippen molar-refractivity contribution in [1.29, 1.82) is 0 Å². The van der Waals surface area contributed by atoms with Crippen molar-refractivity contribution in [2.75, 3.05) is 24.4 Å². The summed E-state index contributed by atoms with van der Waals surface area (Å²) < 4.78 is 13.2. The number of para-hydroxylation sites is 1. The number of fused-ring (bicyclic) bond motifs is 1. The number of aryl methyl sites for hydroxylation is 1. The molecule has 9 heteroatoms. The predicted molar refractivity (Wildman–Crippen MR) is 130 cm³/mol. The van der Waals surface area contributed by atoms with E-state index in [1.807, 2.05) is 56.3 Å². The minimum atomic E-state index is -0.543. The number of rotatable bonds is 9. The third-order valence-corrected chi connectivity index (χ3v) is 5.86. The molecule has 0 saturated carbocycles. The number of methoxy groups -OCH3 is 1. The molecule has 0 fully saturated rings. The van der Waals surface area contributed by atoms with Crippen molar-refractivity contribution < 1.29 is 14.3 Å². The maximum atomic E-state index is 13.5. The van der Waals surface area contributed by atoms with E-state index in [2.05, 4.69) is 33.1 Å². The van der Waals surface area contributed by atoms with Crippen LogP contribution >= 0.6 is 0 Å². The number of hydrogen-bond donors (Lipinski definition) is 2. The SMILES string of the molecule is CCCCCOc1ccc(C2C(C(=O)Nc3ccccc3C)=C(C)Nc3nnnn32)cc1OC. The molecule has 178 valence electrons. The van der Waals surface area contributed by atoms with Gasteiger partial charge in [0, 0.05) is 11.4 Å². The lowest BCUT2D eigenvalue weighted by Crippen LogP contribution is -2.31. The van der Waals surface area contributed by atoms with E-state index in [4.69, 9.17) is 9.47 Å². The Bertz CT molecular complexity index is 1200. The highest BCUT2D eigenvalue weighted by Crippen LogP contribution is 2.38. The number of unbranched alkanes of at least 4 members (excludes halogenated alkanes) is 2. The fourth-order valence-electron chi connectivity index (χ4n) is 4.03. The molecular formula is C25H30N6O3. The molecule has 4 rings (SSSR count). The first-order valence-corrected chi connectivity index (χ1v) is 11.5. The summed E-state index contributed by atoms with van der Waals surface area (Å²) in [5.41, 5.74) is 3.73. The first-order valence-electron chi connectivity index (χ1n) is 11.5. The smallest absolute Gasteiger partial charge is 0.255 e. The molecule has 1 amide bonds. The molecule has 2 N–H and O–H groups in total. The van der Waals surface area contributed by atoms with E-state index in [0.29, 0.717) is 35.3 Å². The molecule has 1 aliphatic heterocycles. The fraction of sp³-hybridized carbons (Fsp3) is 0.360. The van der Waals surface area contributed by atoms with Crippen LogP contribution in [0.2, 0.25) is 0 Å². The van der Waals surface area contributed by atoms with Crippen LogP contribution < -0.4 is 20.1 Å². The lowest BCUT2D eigenvalue weighted by Gasteiger charge is -2.28. The zero-order chi connectivity index (χ0) is 24.1. The summed E-state index contributed by atoms with van der Waals surface area (Å²) in [6.45, 7) is 6.58. The van der Waals surface area contributed by atoms with E-state index < -0.39 is 6.04 Å². The van der Waals surface area contributed by atoms with Gasteiger partial charge in [0.05, 0.1) is 19.3 Å². The van der Waals surface area contributed by atoms with Crippen LogP contribution in [0, 0.1) is 6.92 Å². The van der Waals surface area contributed by atoms with Crippen molar-refractivity contribution in [3.8, 4) is 11.5 Å². The number of aromatic nitrogens is 4. The first-order chi connectivity index (χ1) is 16.5. The Hall–Kier alpha value is -3.88. The van der Waals surface area contributed by atoms with Crippen LogP contribution in [-0.4, -0.2) is 39.8 Å². The molecule has 0 spiro atoms. The topological polar surface area (TPSA) is 103 Å². The third kappa shape index (κ3) is 4.73. The van der Waals surface area contributed by atoms with Crippen LogP contribution in [-0.2, 0) is 4.79 Å². The van der Waals surface area contributed by atoms with Gasteiger partial charge in [0.2, 0.25) is 5.95 Å². The van der Waals surface area contributed by atoms with Crippen molar-refractivity contribution in [1.82, 2.24) is 20.2 Å². The monoisotopic (exact) mass is 462 g/mol. The zero-order valence-corrected chi connectivity index (χ0v) is 20.0. The number of nitrogens with one attached hydrogen (secondary N) is 2. The Balaban J connectivity index is 1.69. The number of carbonyl (C=O) groups excluding carboxylic acids is 1. The van der Waals surface area contributed by atoms with Crippen LogP contribution in [0.25, 0.3) is 0 Å². The largest absolute Gasteiger partial charge is 0.493 e. The quantitative estimate of drug-likeness (QED) is 0.452. The molecule has 1 aromatic heterocycles. The maximum absolute atomic E-state index is 13.5. The van der Waals surface area contributed by atoms with Gasteiger partial charge >= 0.3 is 0 Å². The molecule has 0 aliphatic carbocycles. The van der Waals surface area contributed by atoms with E-state index in [1.165, 1.54) is 0 Å². The van der Waals surface area contributed by atoms with Gasteiger partial charge in [-0.05, 0) is 60.0 Å². The maximum Gasteiger partial charge on any atom is 0.255 e. The normalized spacial score (nSPS) is 14.9. The molecular weight excluding hydrogens is 432 g/mol. The predicted octanol–water partition coefficient (Wildman–Crippen LogP) is 4.49. The van der Waals surface area contributed by atoms with Gasteiger partial charge in [-0.3, -0.25) is 4.79 Å². The second-order valence-corrected chi connectivity index (χ2v) is 8.25. The van der Waals surface area contributed by atoms with Crippen molar-refractivity contribution in [3.05, 3.63) is 64.9 Å². The van der Waals surface area contributed by atoms with Crippen molar-refractivity contribution >= 4 is 17.5 Å². The Kier molecular flexibility index (Phi) is 7.10. The van der Waals surface area contributed by atoms with E-state index >= 15 is 0 Å². The molecule has 34 heavy (non-hydrogen) atoms. The molecule has 9 nitrogen and oxygen atoms in total. The second-order valence-electron chi connectivity index (χ2n) is 8.25. The van der Waals surface area contributed by atoms with Gasteiger partial charge in [0.15, 0.2) is 11.5 Å². The highest BCUT2D eigenvalue weighted by molar-refractivity contribution is 6.06. The molecule has 0 saturated heterocycles. The summed E-state index contributed by atoms with van der Waals surface area (Å²) in [4.78, 5) is 13.5. The Morgan fingerprint density at radius 1 is 1.15 bits per heavy atom. The minimum absolute atomic E-state index is 0.232. The number of hydrogen-bond acceptors (Lipinski definition) is 7. The minimum Gasteiger partial charge on any atom is -0.493 e. The van der Waals surface area contributed by atoms with Gasteiger partial charge in [-0.25, -0.2) is 0 Å². The van der Waals surface area contributed by atoms with E-state index in [1.54, 1.807) is 11.8 Å². The number of anilines is 2. The zero-order valence-electron chi connectivity index (χ0n) is 20.0. The van der Waals surface area contributed by atoms with Gasteiger partial charge < -0.3 is 20.1 Å². The summed E-state index contributed by atoms with van der Waals surface area (Å²) in [6, 6.07) is 12.8. The summed E-state index contributed by atoms with van der Waals surface area (Å²) in [7, 11) is 1.61. The summed E-state index contributed by atoms with van der Waals surface area (Å²) in [5.74, 6) is 1.50. The van der Waals surface area contributed by atoms with Crippen LogP contribution in [0.3, 0.4) is 0 Å². The molecule has 1 unspecified atom stereocenters. The Labute approximate surface area is 199 Å². The highest BCUT2D eigenvalue weighted by atomic mass is 16.5. The van der Waals surface area contributed by atoms with Crippen LogP contribution in [0.5, 0.6) is 11.5 Å². The number of allylic oxidation sites excluding steroid dienone is 1. The standard InChI is InChI=1S/C25H30N6O3/c1-5-6-9-14-34-20-13-12-18(15-21(20)33-4)23-22(17(3)26-25-28-29-30-31(23)25)24(32)27-19-11-8-7-10-16(19)2/h7-8,10-13,15,23H,5-6,9,14H2,1-4H3,(H,27,32)(H,26,28,30). The van der Waals surface area contributed by atoms with Gasteiger partial charge in [-0.15, -0.1) is 0 Å². The van der Waals surface area contributed by atoms with Crippen LogP contribution in [0.15, 0.2) is 53.7 Å². The average Bonchev–Trinajstić information content (AvgIpc) is 3.30. The lowest BCUT2D eigenvalue weighted by atomic mass is 9.94. The van der Waals surface area contributed by atoms with Crippen molar-refractivity contribution in [2.24, 2.45) is 0 Å². The number of nitrogens with zero attached hydrogens (tertiary/aromatic N) is 4. The Morgan fingerprint density at radius 3 is 2.74 bits per heavy atom. The van der Waals surface area contributed by atoms with Gasteiger partial charge in [0.1, 0.15) is 6.04 Å². The number of amides is 1. The van der Waals surface area contributed by atoms with Crippen molar-refractivity contribution in [2.45, 2.75) is 46.1 Å². The fourth-order valence-corrected chi connectivity index (χ4v) is 4.03. The second kappa shape index (κ2) is 10.4. The first kappa shape index (κ1) is 23.3. The number of benzene rings is 2. The molecule has 0 radical (unpaired) electrons. The molecule has 2 aromatic carbocycles. The molecule has 0 bridgehead atoms. The highest BCUT2D eigenvalue weighted by Gasteiger charge is 2.34. The van der Waals surface area contributed by atoms with E-state index in [0.717, 1.165) is 36.1 Å².